The van der Waals surface area contributed by atoms with Crippen LogP contribution in [-0.4, -0.2) is 51.8 Å². The first kappa shape index (κ1) is 16.7. The van der Waals surface area contributed by atoms with Crippen LogP contribution in [-0.2, 0) is 22.3 Å². The van der Waals surface area contributed by atoms with Crippen LogP contribution in [0.5, 0.6) is 0 Å². The fraction of sp³-hybridized carbons (Fsp3) is 0.409. The predicted molar refractivity (Wildman–Crippen MR) is 104 cm³/mol. The van der Waals surface area contributed by atoms with E-state index in [1.807, 2.05) is 28.8 Å². The molecule has 6 heteroatoms. The maximum absolute atomic E-state index is 11.3. The number of hydrogen-bond acceptors (Lipinski definition) is 5. The Hall–Kier alpha value is -2.25. The molecular weight excluding hydrogens is 354 g/mol. The van der Waals surface area contributed by atoms with Crippen molar-refractivity contribution >= 4 is 11.0 Å². The summed E-state index contributed by atoms with van der Waals surface area (Å²) < 4.78 is 14.1. The van der Waals surface area contributed by atoms with Crippen LogP contribution in [0, 0.1) is 0 Å². The molecule has 28 heavy (non-hydrogen) atoms. The van der Waals surface area contributed by atoms with Crippen molar-refractivity contribution in [1.82, 2.24) is 14.9 Å². The first-order valence-corrected chi connectivity index (χ1v) is 9.97. The number of aromatic nitrogens is 2. The fourth-order valence-electron chi connectivity index (χ4n) is 5.07. The number of nitrogens with one attached hydrogen (secondary N) is 1. The molecule has 0 saturated carbocycles. The third-order valence-electron chi connectivity index (χ3n) is 6.41. The lowest BCUT2D eigenvalue weighted by Crippen LogP contribution is -2.59. The van der Waals surface area contributed by atoms with Crippen LogP contribution in [0.25, 0.3) is 11.0 Å². The summed E-state index contributed by atoms with van der Waals surface area (Å²) in [6.07, 6.45) is 2.55. The van der Waals surface area contributed by atoms with Crippen LogP contribution in [0.4, 0.5) is 0 Å². The monoisotopic (exact) mass is 377 g/mol. The van der Waals surface area contributed by atoms with Crippen molar-refractivity contribution < 1.29 is 14.6 Å². The molecule has 2 N–H and O–H groups in total. The van der Waals surface area contributed by atoms with E-state index in [-0.39, 0.29) is 18.2 Å². The maximum atomic E-state index is 11.3. The van der Waals surface area contributed by atoms with Crippen molar-refractivity contribution in [1.29, 1.82) is 0 Å². The van der Waals surface area contributed by atoms with E-state index in [4.69, 9.17) is 9.47 Å². The highest BCUT2D eigenvalue weighted by atomic mass is 16.7. The molecule has 3 heterocycles. The summed E-state index contributed by atoms with van der Waals surface area (Å²) in [7, 11) is 0. The lowest BCUT2D eigenvalue weighted by Gasteiger charge is -2.40. The Balaban J connectivity index is 1.29. The molecule has 0 radical (unpaired) electrons. The van der Waals surface area contributed by atoms with E-state index >= 15 is 0 Å². The summed E-state index contributed by atoms with van der Waals surface area (Å²) in [5.74, 6) is 0. The maximum Gasteiger partial charge on any atom is 0.181 e. The number of benzene rings is 2. The zero-order chi connectivity index (χ0) is 18.7. The number of aliphatic hydroxyl groups is 1. The highest BCUT2D eigenvalue weighted by molar-refractivity contribution is 5.75. The molecule has 2 aromatic carbocycles. The predicted octanol–water partition coefficient (Wildman–Crippen LogP) is 1.82. The Morgan fingerprint density at radius 2 is 1.79 bits per heavy atom. The minimum Gasteiger partial charge on any atom is -0.389 e. The Morgan fingerprint density at radius 3 is 2.61 bits per heavy atom. The van der Waals surface area contributed by atoms with Crippen LogP contribution in [0.2, 0.25) is 0 Å². The van der Waals surface area contributed by atoms with Crippen molar-refractivity contribution in [2.24, 2.45) is 0 Å². The van der Waals surface area contributed by atoms with Crippen LogP contribution < -0.4 is 5.32 Å². The molecule has 2 fully saturated rings. The third kappa shape index (κ3) is 2.53. The van der Waals surface area contributed by atoms with E-state index in [0.29, 0.717) is 12.6 Å². The lowest BCUT2D eigenvalue weighted by atomic mass is 9.94. The van der Waals surface area contributed by atoms with Crippen molar-refractivity contribution in [3.05, 3.63) is 66.0 Å². The number of nitrogens with zero attached hydrogens (tertiary/aromatic N) is 2. The topological polar surface area (TPSA) is 68.5 Å². The van der Waals surface area contributed by atoms with Gasteiger partial charge in [0.15, 0.2) is 6.29 Å². The van der Waals surface area contributed by atoms with Crippen LogP contribution in [0.15, 0.2) is 54.9 Å². The van der Waals surface area contributed by atoms with E-state index in [1.165, 1.54) is 11.1 Å². The highest BCUT2D eigenvalue weighted by Crippen LogP contribution is 2.38. The van der Waals surface area contributed by atoms with E-state index in [9.17, 15) is 5.11 Å². The van der Waals surface area contributed by atoms with Crippen molar-refractivity contribution in [3.8, 4) is 0 Å². The van der Waals surface area contributed by atoms with Crippen LogP contribution in [0.1, 0.15) is 17.2 Å². The van der Waals surface area contributed by atoms with Crippen molar-refractivity contribution in [2.75, 3.05) is 6.61 Å². The van der Waals surface area contributed by atoms with Crippen molar-refractivity contribution in [3.63, 3.8) is 0 Å². The number of para-hydroxylation sites is 2. The van der Waals surface area contributed by atoms with Gasteiger partial charge in [-0.05, 0) is 36.1 Å². The summed E-state index contributed by atoms with van der Waals surface area (Å²) in [5.41, 5.74) is 4.68. The first-order chi connectivity index (χ1) is 13.8. The van der Waals surface area contributed by atoms with Gasteiger partial charge in [-0.15, -0.1) is 0 Å². The van der Waals surface area contributed by atoms with E-state index < -0.39 is 12.4 Å². The summed E-state index contributed by atoms with van der Waals surface area (Å²) in [6.45, 7) is 0.502. The summed E-state index contributed by atoms with van der Waals surface area (Å²) >= 11 is 0. The SMILES string of the molecule is O[C@H]1[C@H](NC2Cc3ccccc3C2)[C@H]2CO[C@H](O2)[C@@H]1n1cnc2ccccc21. The molecular formula is C22H23N3O3. The Kier molecular flexibility index (Phi) is 3.81. The smallest absolute Gasteiger partial charge is 0.181 e. The number of imidazole rings is 1. The quantitative estimate of drug-likeness (QED) is 0.729. The summed E-state index contributed by atoms with van der Waals surface area (Å²) in [5, 5.41) is 15.0. The molecule has 144 valence electrons. The first-order valence-electron chi connectivity index (χ1n) is 9.97. The molecule has 1 aliphatic carbocycles. The third-order valence-corrected chi connectivity index (χ3v) is 6.41. The van der Waals surface area contributed by atoms with Crippen molar-refractivity contribution in [2.45, 2.75) is 49.5 Å². The molecule has 0 amide bonds. The van der Waals surface area contributed by atoms with Crippen LogP contribution >= 0.6 is 0 Å². The molecule has 1 aromatic heterocycles. The van der Waals surface area contributed by atoms with E-state index in [2.05, 4.69) is 34.6 Å². The van der Waals surface area contributed by atoms with Gasteiger partial charge in [0.05, 0.1) is 36.1 Å². The summed E-state index contributed by atoms with van der Waals surface area (Å²) in [4.78, 5) is 4.49. The van der Waals surface area contributed by atoms with Gasteiger partial charge in [0.2, 0.25) is 0 Å². The second-order valence-corrected chi connectivity index (χ2v) is 8.06. The number of hydrogen-bond donors (Lipinski definition) is 2. The van der Waals surface area contributed by atoms with Gasteiger partial charge in [-0.2, -0.15) is 0 Å². The second kappa shape index (κ2) is 6.39. The molecule has 2 bridgehead atoms. The summed E-state index contributed by atoms with van der Waals surface area (Å²) in [6, 6.07) is 16.3. The Morgan fingerprint density at radius 1 is 1.04 bits per heavy atom. The number of aliphatic hydroxyl groups excluding tert-OH is 1. The van der Waals surface area contributed by atoms with E-state index in [0.717, 1.165) is 23.9 Å². The van der Waals surface area contributed by atoms with E-state index in [1.54, 1.807) is 6.33 Å². The molecule has 3 aliphatic rings. The number of fused-ring (bicyclic) bond motifs is 4. The lowest BCUT2D eigenvalue weighted by molar-refractivity contribution is -0.165. The average Bonchev–Trinajstić information content (AvgIpc) is 3.43. The molecule has 0 unspecified atom stereocenters. The number of ether oxygens (including phenoxy) is 2. The van der Waals surface area contributed by atoms with Gasteiger partial charge in [0, 0.05) is 6.04 Å². The highest BCUT2D eigenvalue weighted by Gasteiger charge is 2.51. The minimum absolute atomic E-state index is 0.130. The van der Waals surface area contributed by atoms with Gasteiger partial charge < -0.3 is 24.5 Å². The molecule has 6 nitrogen and oxygen atoms in total. The molecule has 3 aromatic rings. The zero-order valence-corrected chi connectivity index (χ0v) is 15.4. The standard InChI is InChI=1S/C22H23N3O3/c26-21-19(24-15-9-13-5-1-2-6-14(13)10-15)18-11-27-22(28-18)20(21)25-12-23-16-7-3-4-8-17(16)25/h1-8,12,15,18-22,24,26H,9-11H2/t18-,19-,20-,21+,22-/m1/s1. The molecule has 2 saturated heterocycles. The van der Waals surface area contributed by atoms with Gasteiger partial charge in [-0.1, -0.05) is 36.4 Å². The molecule has 6 rings (SSSR count). The Labute approximate surface area is 163 Å². The van der Waals surface area contributed by atoms with Gasteiger partial charge in [-0.3, -0.25) is 0 Å². The normalized spacial score (nSPS) is 32.1. The average molecular weight is 377 g/mol. The van der Waals surface area contributed by atoms with Gasteiger partial charge in [0.25, 0.3) is 0 Å². The zero-order valence-electron chi connectivity index (χ0n) is 15.4. The largest absolute Gasteiger partial charge is 0.389 e. The molecule has 0 spiro atoms. The fourth-order valence-corrected chi connectivity index (χ4v) is 5.07. The minimum atomic E-state index is -0.618. The molecule has 5 atom stereocenters. The van der Waals surface area contributed by atoms with Gasteiger partial charge in [0.1, 0.15) is 12.1 Å². The van der Waals surface area contributed by atoms with Gasteiger partial charge in [-0.25, -0.2) is 4.98 Å². The van der Waals surface area contributed by atoms with Crippen LogP contribution in [0.3, 0.4) is 0 Å². The van der Waals surface area contributed by atoms with Gasteiger partial charge >= 0.3 is 0 Å². The number of rotatable bonds is 3. The molecule has 2 aliphatic heterocycles. The second-order valence-electron chi connectivity index (χ2n) is 8.06. The Bertz CT molecular complexity index is 994.